The predicted octanol–water partition coefficient (Wildman–Crippen LogP) is 1.76. The van der Waals surface area contributed by atoms with Gasteiger partial charge in [-0.3, -0.25) is 0 Å². The third-order valence-corrected chi connectivity index (χ3v) is 5.73. The van der Waals surface area contributed by atoms with Crippen molar-refractivity contribution in [2.75, 3.05) is 17.7 Å². The number of aliphatic hydroxyl groups is 1. The molecule has 1 saturated carbocycles. The Bertz CT molecular complexity index is 495. The lowest BCUT2D eigenvalue weighted by atomic mass is 9.86. The van der Waals surface area contributed by atoms with Crippen LogP contribution in [-0.2, 0) is 17.6 Å². The van der Waals surface area contributed by atoms with Gasteiger partial charge in [0, 0.05) is 19.1 Å². The van der Waals surface area contributed by atoms with Crippen LogP contribution in [0.1, 0.15) is 31.4 Å². The largest absolute Gasteiger partial charge is 0.611 e. The summed E-state index contributed by atoms with van der Waals surface area (Å²) in [5.74, 6) is 1.67. The number of fused-ring (bicyclic) bond motifs is 1. The zero-order chi connectivity index (χ0) is 14.1. The molecular weight excluding hydrogens is 298 g/mol. The molecule has 0 amide bonds. The SMILES string of the molecule is [O-][S@+]1CCc2nc(Cl)nc(NC3CCC(CO)CC3)c21. The van der Waals surface area contributed by atoms with Crippen LogP contribution in [-0.4, -0.2) is 38.0 Å². The molecular formula is C13H18ClN3O2S. The minimum absolute atomic E-state index is 0.217. The Morgan fingerprint density at radius 2 is 2.05 bits per heavy atom. The van der Waals surface area contributed by atoms with Gasteiger partial charge in [-0.1, -0.05) is 0 Å². The molecule has 20 heavy (non-hydrogen) atoms. The standard InChI is InChI=1S/C13H18ClN3O2S/c14-13-16-10-5-6-20(19)11(10)12(17-13)15-9-3-1-8(7-18)2-4-9/h8-9,18H,1-7H2,(H,15,16,17)/t8?,9?,20-/m1/s1. The molecule has 0 unspecified atom stereocenters. The summed E-state index contributed by atoms with van der Waals surface area (Å²) in [7, 11) is 0. The van der Waals surface area contributed by atoms with E-state index in [0.29, 0.717) is 30.0 Å². The summed E-state index contributed by atoms with van der Waals surface area (Å²) in [6.45, 7) is 0.269. The maximum absolute atomic E-state index is 12.1. The van der Waals surface area contributed by atoms with Crippen LogP contribution in [0.4, 0.5) is 5.82 Å². The van der Waals surface area contributed by atoms with Crippen LogP contribution < -0.4 is 5.32 Å². The Morgan fingerprint density at radius 1 is 1.30 bits per heavy atom. The topological polar surface area (TPSA) is 81.1 Å². The second-order valence-corrected chi connectivity index (χ2v) is 7.31. The first-order chi connectivity index (χ1) is 9.67. The summed E-state index contributed by atoms with van der Waals surface area (Å²) >= 11 is 4.93. The highest BCUT2D eigenvalue weighted by Crippen LogP contribution is 2.33. The van der Waals surface area contributed by atoms with Gasteiger partial charge in [0.05, 0.1) is 0 Å². The van der Waals surface area contributed by atoms with Gasteiger partial charge in [0.25, 0.3) is 0 Å². The molecule has 1 aliphatic carbocycles. The Labute approximate surface area is 126 Å². The zero-order valence-corrected chi connectivity index (χ0v) is 12.7. The van der Waals surface area contributed by atoms with Crippen molar-refractivity contribution in [3.8, 4) is 0 Å². The second kappa shape index (κ2) is 6.05. The van der Waals surface area contributed by atoms with E-state index >= 15 is 0 Å². The van der Waals surface area contributed by atoms with Crippen LogP contribution in [0.2, 0.25) is 5.28 Å². The number of hydrogen-bond donors (Lipinski definition) is 2. The summed E-state index contributed by atoms with van der Waals surface area (Å²) in [5, 5.41) is 12.8. The van der Waals surface area contributed by atoms with Crippen molar-refractivity contribution >= 4 is 28.6 Å². The van der Waals surface area contributed by atoms with E-state index in [2.05, 4.69) is 15.3 Å². The summed E-state index contributed by atoms with van der Waals surface area (Å²) in [6, 6.07) is 0.311. The Balaban J connectivity index is 1.75. The molecule has 5 nitrogen and oxygen atoms in total. The fourth-order valence-electron chi connectivity index (χ4n) is 2.95. The van der Waals surface area contributed by atoms with Gasteiger partial charge in [0.15, 0.2) is 5.82 Å². The van der Waals surface area contributed by atoms with E-state index in [4.69, 9.17) is 16.7 Å². The fourth-order valence-corrected chi connectivity index (χ4v) is 4.45. The summed E-state index contributed by atoms with van der Waals surface area (Å²) in [6.07, 6.45) is 4.72. The minimum atomic E-state index is -1.02. The van der Waals surface area contributed by atoms with E-state index in [1.807, 2.05) is 0 Å². The second-order valence-electron chi connectivity index (χ2n) is 5.46. The average Bonchev–Trinajstić information content (AvgIpc) is 2.81. The minimum Gasteiger partial charge on any atom is -0.611 e. The summed E-state index contributed by atoms with van der Waals surface area (Å²) in [5.41, 5.74) is 0.815. The Morgan fingerprint density at radius 3 is 2.75 bits per heavy atom. The Hall–Kier alpha value is -0.560. The molecule has 7 heteroatoms. The molecule has 0 saturated heterocycles. The molecule has 0 radical (unpaired) electrons. The van der Waals surface area contributed by atoms with Crippen molar-refractivity contribution in [1.82, 2.24) is 9.97 Å². The first-order valence-electron chi connectivity index (χ1n) is 6.99. The number of nitrogens with zero attached hydrogens (tertiary/aromatic N) is 2. The maximum atomic E-state index is 12.1. The number of nitrogens with one attached hydrogen (secondary N) is 1. The van der Waals surface area contributed by atoms with Gasteiger partial charge >= 0.3 is 0 Å². The molecule has 0 spiro atoms. The zero-order valence-electron chi connectivity index (χ0n) is 11.1. The van der Waals surface area contributed by atoms with E-state index in [0.717, 1.165) is 36.3 Å². The molecule has 1 aliphatic heterocycles. The van der Waals surface area contributed by atoms with Crippen LogP contribution in [0.25, 0.3) is 0 Å². The number of halogens is 1. The van der Waals surface area contributed by atoms with Crippen molar-refractivity contribution < 1.29 is 9.66 Å². The number of rotatable bonds is 3. The van der Waals surface area contributed by atoms with E-state index in [9.17, 15) is 4.55 Å². The first kappa shape index (κ1) is 14.4. The highest BCUT2D eigenvalue weighted by molar-refractivity contribution is 7.91. The smallest absolute Gasteiger partial charge is 0.224 e. The lowest BCUT2D eigenvalue weighted by Crippen LogP contribution is -2.28. The van der Waals surface area contributed by atoms with Crippen molar-refractivity contribution in [3.05, 3.63) is 11.0 Å². The van der Waals surface area contributed by atoms with Crippen LogP contribution in [0.5, 0.6) is 0 Å². The predicted molar refractivity (Wildman–Crippen MR) is 78.5 cm³/mol. The molecule has 1 aromatic heterocycles. The van der Waals surface area contributed by atoms with E-state index in [1.54, 1.807) is 0 Å². The lowest BCUT2D eigenvalue weighted by molar-refractivity contribution is 0.185. The van der Waals surface area contributed by atoms with E-state index in [1.165, 1.54) is 0 Å². The molecule has 1 atom stereocenters. The monoisotopic (exact) mass is 315 g/mol. The molecule has 2 N–H and O–H groups in total. The van der Waals surface area contributed by atoms with Gasteiger partial charge in [-0.15, -0.1) is 0 Å². The van der Waals surface area contributed by atoms with Gasteiger partial charge in [0.2, 0.25) is 10.2 Å². The number of hydrogen-bond acceptors (Lipinski definition) is 5. The van der Waals surface area contributed by atoms with Crippen LogP contribution >= 0.6 is 11.6 Å². The van der Waals surface area contributed by atoms with Crippen molar-refractivity contribution in [2.24, 2.45) is 5.92 Å². The van der Waals surface area contributed by atoms with Crippen molar-refractivity contribution in [2.45, 2.75) is 43.0 Å². The molecule has 0 aromatic carbocycles. The third-order valence-electron chi connectivity index (χ3n) is 4.11. The van der Waals surface area contributed by atoms with Crippen molar-refractivity contribution in [1.29, 1.82) is 0 Å². The van der Waals surface area contributed by atoms with Crippen LogP contribution in [0, 0.1) is 5.92 Å². The molecule has 1 fully saturated rings. The van der Waals surface area contributed by atoms with E-state index < -0.39 is 11.2 Å². The highest BCUT2D eigenvalue weighted by atomic mass is 35.5. The molecule has 3 rings (SSSR count). The van der Waals surface area contributed by atoms with Gasteiger partial charge in [-0.05, 0) is 54.4 Å². The molecule has 2 heterocycles. The van der Waals surface area contributed by atoms with Gasteiger partial charge < -0.3 is 15.0 Å². The number of aromatic nitrogens is 2. The lowest BCUT2D eigenvalue weighted by Gasteiger charge is -2.28. The van der Waals surface area contributed by atoms with Gasteiger partial charge in [-0.25, -0.2) is 4.98 Å². The molecule has 1 aromatic rings. The number of anilines is 1. The third kappa shape index (κ3) is 2.88. The maximum Gasteiger partial charge on any atom is 0.224 e. The Kier molecular flexibility index (Phi) is 4.35. The van der Waals surface area contributed by atoms with Crippen molar-refractivity contribution in [3.63, 3.8) is 0 Å². The van der Waals surface area contributed by atoms with Crippen LogP contribution in [0.3, 0.4) is 0 Å². The normalized spacial score (nSPS) is 29.2. The summed E-state index contributed by atoms with van der Waals surface area (Å²) in [4.78, 5) is 9.14. The first-order valence-corrected chi connectivity index (χ1v) is 8.69. The fraction of sp³-hybridized carbons (Fsp3) is 0.692. The van der Waals surface area contributed by atoms with Crippen LogP contribution in [0.15, 0.2) is 4.90 Å². The quantitative estimate of drug-likeness (QED) is 0.656. The number of aryl methyl sites for hydroxylation is 1. The number of aliphatic hydroxyl groups excluding tert-OH is 1. The van der Waals surface area contributed by atoms with Gasteiger partial charge in [0.1, 0.15) is 11.4 Å². The molecule has 2 aliphatic rings. The average molecular weight is 316 g/mol. The molecule has 0 bridgehead atoms. The molecule has 110 valence electrons. The van der Waals surface area contributed by atoms with E-state index in [-0.39, 0.29) is 11.9 Å². The summed E-state index contributed by atoms with van der Waals surface area (Å²) < 4.78 is 12.1. The van der Waals surface area contributed by atoms with Gasteiger partial charge in [-0.2, -0.15) is 4.98 Å². The highest BCUT2D eigenvalue weighted by Gasteiger charge is 2.33.